The molecule has 5 nitrogen and oxygen atoms in total. The average molecular weight is 457 g/mol. The number of nitrogens with zero attached hydrogens (tertiary/aromatic N) is 2. The molecule has 0 aromatic heterocycles. The number of halogens is 2. The van der Waals surface area contributed by atoms with Crippen LogP contribution in [0.3, 0.4) is 0 Å². The number of carbonyl (C=O) groups excluding carboxylic acids is 1. The molecule has 1 amide bonds. The van der Waals surface area contributed by atoms with Crippen LogP contribution in [0.2, 0.25) is 10.0 Å². The summed E-state index contributed by atoms with van der Waals surface area (Å²) in [6.07, 6.45) is 0.842. The third-order valence-corrected chi connectivity index (χ3v) is 7.68. The van der Waals surface area contributed by atoms with E-state index in [0.29, 0.717) is 42.5 Å². The molecule has 158 valence electrons. The van der Waals surface area contributed by atoms with Crippen LogP contribution in [0.15, 0.2) is 47.4 Å². The van der Waals surface area contributed by atoms with Crippen LogP contribution in [-0.2, 0) is 27.8 Å². The van der Waals surface area contributed by atoms with E-state index in [2.05, 4.69) is 0 Å². The summed E-state index contributed by atoms with van der Waals surface area (Å²) < 4.78 is 26.5. The lowest BCUT2D eigenvalue weighted by molar-refractivity contribution is -0.130. The van der Waals surface area contributed by atoms with Crippen molar-refractivity contribution in [2.75, 3.05) is 20.1 Å². The average Bonchev–Trinajstić information content (AvgIpc) is 2.70. The Labute approximate surface area is 183 Å². The molecule has 0 spiro atoms. The number of sulfonamides is 1. The van der Waals surface area contributed by atoms with Gasteiger partial charge in [0.2, 0.25) is 15.9 Å². The van der Waals surface area contributed by atoms with Gasteiger partial charge in [0.05, 0.1) is 14.9 Å². The number of amides is 1. The number of benzene rings is 2. The van der Waals surface area contributed by atoms with Crippen molar-refractivity contribution in [1.82, 2.24) is 9.21 Å². The van der Waals surface area contributed by atoms with E-state index in [0.717, 1.165) is 11.1 Å². The first-order valence-electron chi connectivity index (χ1n) is 9.46. The third kappa shape index (κ3) is 5.95. The Hall–Kier alpha value is -1.60. The van der Waals surface area contributed by atoms with E-state index in [1.165, 1.54) is 4.31 Å². The Kier molecular flexibility index (Phi) is 8.52. The molecule has 0 heterocycles. The molecule has 8 heteroatoms. The fraction of sp³-hybridized carbons (Fsp3) is 0.381. The van der Waals surface area contributed by atoms with Crippen LogP contribution in [0.5, 0.6) is 0 Å². The van der Waals surface area contributed by atoms with Crippen molar-refractivity contribution in [1.29, 1.82) is 0 Å². The standard InChI is InChI=1S/C21H26Cl2N2O3S/c1-4-25(5-2)29(27,28)18-12-9-16(10-13-18)11-14-20(26)24(3)15-17-7-6-8-19(22)21(17)23/h6-10,12-13H,4-5,11,14-15H2,1-3H3. The van der Waals surface area contributed by atoms with Gasteiger partial charge in [0.15, 0.2) is 0 Å². The van der Waals surface area contributed by atoms with Gasteiger partial charge in [-0.05, 0) is 35.7 Å². The summed E-state index contributed by atoms with van der Waals surface area (Å²) in [6, 6.07) is 12.1. The highest BCUT2D eigenvalue weighted by molar-refractivity contribution is 7.89. The zero-order valence-electron chi connectivity index (χ0n) is 16.9. The van der Waals surface area contributed by atoms with Gasteiger partial charge in [-0.15, -0.1) is 0 Å². The molecule has 2 rings (SSSR count). The Morgan fingerprint density at radius 1 is 1.00 bits per heavy atom. The van der Waals surface area contributed by atoms with Crippen LogP contribution in [0.4, 0.5) is 0 Å². The van der Waals surface area contributed by atoms with Gasteiger partial charge in [-0.3, -0.25) is 4.79 Å². The van der Waals surface area contributed by atoms with Crippen molar-refractivity contribution in [2.45, 2.75) is 38.1 Å². The van der Waals surface area contributed by atoms with Crippen molar-refractivity contribution in [3.8, 4) is 0 Å². The molecule has 0 unspecified atom stereocenters. The molecule has 0 N–H and O–H groups in total. The smallest absolute Gasteiger partial charge is 0.243 e. The van der Waals surface area contributed by atoms with E-state index in [-0.39, 0.29) is 10.8 Å². The van der Waals surface area contributed by atoms with Crippen LogP contribution in [0.25, 0.3) is 0 Å². The predicted octanol–water partition coefficient (Wildman–Crippen LogP) is 4.62. The minimum Gasteiger partial charge on any atom is -0.341 e. The monoisotopic (exact) mass is 456 g/mol. The van der Waals surface area contributed by atoms with Gasteiger partial charge in [0.1, 0.15) is 0 Å². The van der Waals surface area contributed by atoms with Gasteiger partial charge in [-0.2, -0.15) is 4.31 Å². The lowest BCUT2D eigenvalue weighted by Gasteiger charge is -2.19. The van der Waals surface area contributed by atoms with Gasteiger partial charge >= 0.3 is 0 Å². The molecule has 0 aliphatic carbocycles. The van der Waals surface area contributed by atoms with Gasteiger partial charge in [-0.1, -0.05) is 61.3 Å². The molecule has 2 aromatic carbocycles. The first kappa shape index (κ1) is 23.7. The van der Waals surface area contributed by atoms with Crippen LogP contribution in [0.1, 0.15) is 31.4 Å². The maximum Gasteiger partial charge on any atom is 0.243 e. The van der Waals surface area contributed by atoms with Crippen molar-refractivity contribution in [3.63, 3.8) is 0 Å². The SMILES string of the molecule is CCN(CC)S(=O)(=O)c1ccc(CCC(=O)N(C)Cc2cccc(Cl)c2Cl)cc1. The van der Waals surface area contributed by atoms with Gasteiger partial charge in [0, 0.05) is 33.1 Å². The molecule has 0 aliphatic heterocycles. The maximum atomic E-state index is 12.5. The zero-order valence-corrected chi connectivity index (χ0v) is 19.2. The molecule has 0 bridgehead atoms. The highest BCUT2D eigenvalue weighted by Crippen LogP contribution is 2.26. The minimum absolute atomic E-state index is 0.0270. The van der Waals surface area contributed by atoms with E-state index in [1.807, 2.05) is 19.9 Å². The molecule has 0 aliphatic rings. The molecule has 0 fully saturated rings. The lowest BCUT2D eigenvalue weighted by atomic mass is 10.1. The van der Waals surface area contributed by atoms with Crippen LogP contribution in [0, 0.1) is 0 Å². The van der Waals surface area contributed by atoms with Gasteiger partial charge in [-0.25, -0.2) is 8.42 Å². The summed E-state index contributed by atoms with van der Waals surface area (Å²) in [6.45, 7) is 4.86. The molecule has 0 radical (unpaired) electrons. The largest absolute Gasteiger partial charge is 0.341 e. The normalized spacial score (nSPS) is 11.7. The molecular weight excluding hydrogens is 431 g/mol. The first-order chi connectivity index (χ1) is 13.7. The van der Waals surface area contributed by atoms with Crippen LogP contribution >= 0.6 is 23.2 Å². The van der Waals surface area contributed by atoms with Crippen molar-refractivity contribution in [3.05, 3.63) is 63.6 Å². The number of hydrogen-bond donors (Lipinski definition) is 0. The topological polar surface area (TPSA) is 57.7 Å². The molecule has 0 saturated heterocycles. The van der Waals surface area contributed by atoms with Crippen LogP contribution in [-0.4, -0.2) is 43.7 Å². The fourth-order valence-corrected chi connectivity index (χ4v) is 4.83. The Balaban J connectivity index is 1.97. The molecule has 0 saturated carbocycles. The second-order valence-corrected chi connectivity index (χ2v) is 9.42. The number of hydrogen-bond acceptors (Lipinski definition) is 3. The van der Waals surface area contributed by atoms with E-state index in [9.17, 15) is 13.2 Å². The Morgan fingerprint density at radius 3 is 2.21 bits per heavy atom. The molecule has 2 aromatic rings. The summed E-state index contributed by atoms with van der Waals surface area (Å²) in [5, 5.41) is 0.920. The summed E-state index contributed by atoms with van der Waals surface area (Å²) >= 11 is 12.2. The molecule has 29 heavy (non-hydrogen) atoms. The van der Waals surface area contributed by atoms with E-state index in [1.54, 1.807) is 48.3 Å². The fourth-order valence-electron chi connectivity index (χ4n) is 3.00. The van der Waals surface area contributed by atoms with Crippen molar-refractivity contribution < 1.29 is 13.2 Å². The van der Waals surface area contributed by atoms with E-state index in [4.69, 9.17) is 23.2 Å². The minimum atomic E-state index is -3.47. The van der Waals surface area contributed by atoms with Crippen LogP contribution < -0.4 is 0 Å². The number of aryl methyl sites for hydroxylation is 1. The van der Waals surface area contributed by atoms with E-state index >= 15 is 0 Å². The quantitative estimate of drug-likeness (QED) is 0.553. The third-order valence-electron chi connectivity index (χ3n) is 4.76. The second kappa shape index (κ2) is 10.4. The molecular formula is C21H26Cl2N2O3S. The lowest BCUT2D eigenvalue weighted by Crippen LogP contribution is -2.30. The first-order valence-corrected chi connectivity index (χ1v) is 11.7. The zero-order chi connectivity index (χ0) is 21.6. The van der Waals surface area contributed by atoms with Gasteiger partial charge < -0.3 is 4.90 Å². The summed E-state index contributed by atoms with van der Waals surface area (Å²) in [5.41, 5.74) is 1.70. The van der Waals surface area contributed by atoms with E-state index < -0.39 is 10.0 Å². The molecule has 0 atom stereocenters. The highest BCUT2D eigenvalue weighted by Gasteiger charge is 2.21. The number of rotatable bonds is 9. The van der Waals surface area contributed by atoms with Crippen molar-refractivity contribution in [2.24, 2.45) is 0 Å². The predicted molar refractivity (Wildman–Crippen MR) is 118 cm³/mol. The summed E-state index contributed by atoms with van der Waals surface area (Å²) in [5.74, 6) is -0.0270. The Bertz CT molecular complexity index is 943. The maximum absolute atomic E-state index is 12.5. The summed E-state index contributed by atoms with van der Waals surface area (Å²) in [4.78, 5) is 14.3. The summed E-state index contributed by atoms with van der Waals surface area (Å²) in [7, 11) is -1.75. The Morgan fingerprint density at radius 2 is 1.62 bits per heavy atom. The second-order valence-electron chi connectivity index (χ2n) is 6.70. The highest BCUT2D eigenvalue weighted by atomic mass is 35.5. The van der Waals surface area contributed by atoms with Crippen molar-refractivity contribution >= 4 is 39.1 Å². The number of carbonyl (C=O) groups is 1. The van der Waals surface area contributed by atoms with Gasteiger partial charge in [0.25, 0.3) is 0 Å².